The van der Waals surface area contributed by atoms with Crippen molar-refractivity contribution in [3.8, 4) is 11.5 Å². The van der Waals surface area contributed by atoms with Gasteiger partial charge in [0.15, 0.2) is 18.1 Å². The number of ether oxygens (including phenoxy) is 3. The molecular formula is C20H27NO5. The Morgan fingerprint density at radius 3 is 2.38 bits per heavy atom. The fraction of sp³-hybridized carbons (Fsp3) is 0.500. The summed E-state index contributed by atoms with van der Waals surface area (Å²) in [5.74, 6) is 1.45. The Hall–Kier alpha value is -2.50. The minimum absolute atomic E-state index is 0.142. The molecule has 1 amide bonds. The van der Waals surface area contributed by atoms with Crippen LogP contribution in [0, 0.1) is 11.8 Å². The number of likely N-dealkylation sites (tertiary alicyclic amines) is 1. The SMILES string of the molecule is COc1ccc(/C=C/C(=O)OCC(=O)N2C[C@@H](C)C[C@H](C)C2)cc1OC. The molecular weight excluding hydrogens is 334 g/mol. The minimum atomic E-state index is -0.550. The van der Waals surface area contributed by atoms with Crippen LogP contribution in [0.1, 0.15) is 25.8 Å². The lowest BCUT2D eigenvalue weighted by atomic mass is 9.92. The van der Waals surface area contributed by atoms with Crippen molar-refractivity contribution in [2.24, 2.45) is 11.8 Å². The number of amides is 1. The van der Waals surface area contributed by atoms with Gasteiger partial charge in [0.25, 0.3) is 5.91 Å². The van der Waals surface area contributed by atoms with Crippen LogP contribution in [0.2, 0.25) is 0 Å². The fourth-order valence-electron chi connectivity index (χ4n) is 3.26. The molecule has 1 aromatic rings. The predicted octanol–water partition coefficient (Wildman–Crippen LogP) is 2.76. The highest BCUT2D eigenvalue weighted by atomic mass is 16.5. The number of carbonyl (C=O) groups is 2. The van der Waals surface area contributed by atoms with Crippen molar-refractivity contribution in [2.45, 2.75) is 20.3 Å². The molecule has 26 heavy (non-hydrogen) atoms. The van der Waals surface area contributed by atoms with Crippen molar-refractivity contribution in [3.05, 3.63) is 29.8 Å². The number of piperidine rings is 1. The summed E-state index contributed by atoms with van der Waals surface area (Å²) in [4.78, 5) is 25.9. The highest BCUT2D eigenvalue weighted by Crippen LogP contribution is 2.28. The molecule has 142 valence electrons. The average Bonchev–Trinajstić information content (AvgIpc) is 2.63. The van der Waals surface area contributed by atoms with Gasteiger partial charge in [-0.3, -0.25) is 4.79 Å². The molecule has 1 aromatic carbocycles. The van der Waals surface area contributed by atoms with Crippen molar-refractivity contribution in [3.63, 3.8) is 0 Å². The van der Waals surface area contributed by atoms with Crippen LogP contribution >= 0.6 is 0 Å². The van der Waals surface area contributed by atoms with Gasteiger partial charge < -0.3 is 19.1 Å². The summed E-state index contributed by atoms with van der Waals surface area (Å²) in [7, 11) is 3.11. The molecule has 1 aliphatic rings. The molecule has 6 nitrogen and oxygen atoms in total. The topological polar surface area (TPSA) is 65.1 Å². The van der Waals surface area contributed by atoms with Crippen molar-refractivity contribution in [1.82, 2.24) is 4.90 Å². The first kappa shape index (κ1) is 19.8. The van der Waals surface area contributed by atoms with E-state index in [1.165, 1.54) is 6.08 Å². The van der Waals surface area contributed by atoms with Gasteiger partial charge in [0, 0.05) is 19.2 Å². The summed E-state index contributed by atoms with van der Waals surface area (Å²) < 4.78 is 15.5. The molecule has 0 unspecified atom stereocenters. The Balaban J connectivity index is 1.86. The summed E-state index contributed by atoms with van der Waals surface area (Å²) in [5, 5.41) is 0. The third kappa shape index (κ3) is 5.51. The molecule has 6 heteroatoms. The van der Waals surface area contributed by atoms with E-state index in [0.29, 0.717) is 23.3 Å². The van der Waals surface area contributed by atoms with E-state index < -0.39 is 5.97 Å². The molecule has 0 saturated carbocycles. The normalized spacial score (nSPS) is 20.1. The first-order valence-corrected chi connectivity index (χ1v) is 8.77. The maximum absolute atomic E-state index is 12.2. The minimum Gasteiger partial charge on any atom is -0.493 e. The van der Waals surface area contributed by atoms with Crippen molar-refractivity contribution >= 4 is 18.0 Å². The molecule has 0 N–H and O–H groups in total. The number of methoxy groups -OCH3 is 2. The molecule has 0 aliphatic carbocycles. The smallest absolute Gasteiger partial charge is 0.331 e. The number of rotatable bonds is 6. The second kappa shape index (κ2) is 9.27. The van der Waals surface area contributed by atoms with Gasteiger partial charge in [0.05, 0.1) is 14.2 Å². The van der Waals surface area contributed by atoms with Gasteiger partial charge in [0.1, 0.15) is 0 Å². The lowest BCUT2D eigenvalue weighted by Crippen LogP contribution is -2.44. The van der Waals surface area contributed by atoms with E-state index in [-0.39, 0.29) is 12.5 Å². The first-order valence-electron chi connectivity index (χ1n) is 8.77. The largest absolute Gasteiger partial charge is 0.493 e. The van der Waals surface area contributed by atoms with Crippen molar-refractivity contribution in [1.29, 1.82) is 0 Å². The summed E-state index contributed by atoms with van der Waals surface area (Å²) >= 11 is 0. The molecule has 0 aromatic heterocycles. The average molecular weight is 361 g/mol. The van der Waals surface area contributed by atoms with E-state index in [9.17, 15) is 9.59 Å². The van der Waals surface area contributed by atoms with E-state index in [4.69, 9.17) is 14.2 Å². The molecule has 1 heterocycles. The third-order valence-electron chi connectivity index (χ3n) is 4.38. The van der Waals surface area contributed by atoms with Gasteiger partial charge in [-0.1, -0.05) is 19.9 Å². The maximum atomic E-state index is 12.2. The number of carbonyl (C=O) groups excluding carboxylic acids is 2. The second-order valence-corrected chi connectivity index (χ2v) is 6.80. The zero-order valence-corrected chi connectivity index (χ0v) is 15.9. The van der Waals surface area contributed by atoms with Crippen LogP contribution in [0.3, 0.4) is 0 Å². The van der Waals surface area contributed by atoms with E-state index >= 15 is 0 Å². The van der Waals surface area contributed by atoms with E-state index in [0.717, 1.165) is 25.1 Å². The van der Waals surface area contributed by atoms with Gasteiger partial charge in [-0.05, 0) is 42.0 Å². The molecule has 0 bridgehead atoms. The molecule has 2 rings (SSSR count). The quantitative estimate of drug-likeness (QED) is 0.576. The van der Waals surface area contributed by atoms with Crippen molar-refractivity contribution < 1.29 is 23.8 Å². The van der Waals surface area contributed by atoms with Crippen LogP contribution in [0.15, 0.2) is 24.3 Å². The number of hydrogen-bond donors (Lipinski definition) is 0. The molecule has 1 aliphatic heterocycles. The lowest BCUT2D eigenvalue weighted by Gasteiger charge is -2.34. The zero-order valence-electron chi connectivity index (χ0n) is 15.9. The van der Waals surface area contributed by atoms with Crippen molar-refractivity contribution in [2.75, 3.05) is 33.9 Å². The van der Waals surface area contributed by atoms with E-state index in [1.807, 2.05) is 0 Å². The Morgan fingerprint density at radius 2 is 1.77 bits per heavy atom. The fourth-order valence-corrected chi connectivity index (χ4v) is 3.26. The summed E-state index contributed by atoms with van der Waals surface area (Å²) in [6.07, 6.45) is 4.04. The molecule has 2 atom stereocenters. The Labute approximate surface area is 154 Å². The van der Waals surface area contributed by atoms with Gasteiger partial charge in [-0.15, -0.1) is 0 Å². The standard InChI is InChI=1S/C20H27NO5/c1-14-9-15(2)12-21(11-14)19(22)13-26-20(23)8-6-16-5-7-17(24-3)18(10-16)25-4/h5-8,10,14-15H,9,11-13H2,1-4H3/b8-6+/t14-,15-/m0/s1. The summed E-state index contributed by atoms with van der Waals surface area (Å²) in [5.41, 5.74) is 0.768. The summed E-state index contributed by atoms with van der Waals surface area (Å²) in [6.45, 7) is 5.49. The number of nitrogens with zero attached hydrogens (tertiary/aromatic N) is 1. The van der Waals surface area contributed by atoms with Gasteiger partial charge >= 0.3 is 5.97 Å². The maximum Gasteiger partial charge on any atom is 0.331 e. The van der Waals surface area contributed by atoms with Gasteiger partial charge in [-0.25, -0.2) is 4.79 Å². The predicted molar refractivity (Wildman–Crippen MR) is 99.1 cm³/mol. The Morgan fingerprint density at radius 1 is 1.12 bits per heavy atom. The van der Waals surface area contributed by atoms with Gasteiger partial charge in [0.2, 0.25) is 0 Å². The summed E-state index contributed by atoms with van der Waals surface area (Å²) in [6, 6.07) is 5.31. The third-order valence-corrected chi connectivity index (χ3v) is 4.38. The Kier molecular flexibility index (Phi) is 7.06. The highest BCUT2D eigenvalue weighted by molar-refractivity contribution is 5.89. The lowest BCUT2D eigenvalue weighted by molar-refractivity contribution is -0.149. The van der Waals surface area contributed by atoms with Crippen LogP contribution in [-0.2, 0) is 14.3 Å². The highest BCUT2D eigenvalue weighted by Gasteiger charge is 2.25. The Bertz CT molecular complexity index is 660. The molecule has 1 fully saturated rings. The molecule has 0 radical (unpaired) electrons. The number of hydrogen-bond acceptors (Lipinski definition) is 5. The van der Waals surface area contributed by atoms with Crippen LogP contribution in [0.4, 0.5) is 0 Å². The number of benzene rings is 1. The van der Waals surface area contributed by atoms with E-state index in [1.54, 1.807) is 43.4 Å². The van der Waals surface area contributed by atoms with Crippen LogP contribution in [0.5, 0.6) is 11.5 Å². The number of esters is 1. The molecule has 0 spiro atoms. The monoisotopic (exact) mass is 361 g/mol. The van der Waals surface area contributed by atoms with Crippen LogP contribution in [-0.4, -0.2) is 50.7 Å². The first-order chi connectivity index (χ1) is 12.4. The van der Waals surface area contributed by atoms with Crippen LogP contribution < -0.4 is 9.47 Å². The zero-order chi connectivity index (χ0) is 19.1. The van der Waals surface area contributed by atoms with E-state index in [2.05, 4.69) is 13.8 Å². The molecule has 1 saturated heterocycles. The van der Waals surface area contributed by atoms with Crippen LogP contribution in [0.25, 0.3) is 6.08 Å². The second-order valence-electron chi connectivity index (χ2n) is 6.80. The van der Waals surface area contributed by atoms with Gasteiger partial charge in [-0.2, -0.15) is 0 Å².